The molecule has 24 heavy (non-hydrogen) atoms. The molecule has 0 fully saturated rings. The second kappa shape index (κ2) is 7.80. The maximum absolute atomic E-state index is 12.7. The van der Waals surface area contributed by atoms with E-state index in [9.17, 15) is 22.4 Å². The van der Waals surface area contributed by atoms with Crippen LogP contribution in [0, 0.1) is 0 Å². The number of amides is 1. The van der Waals surface area contributed by atoms with Gasteiger partial charge in [0, 0.05) is 19.4 Å². The molecule has 1 heterocycles. The van der Waals surface area contributed by atoms with E-state index in [1.54, 1.807) is 0 Å². The molecule has 9 heteroatoms. The monoisotopic (exact) mass is 345 g/mol. The van der Waals surface area contributed by atoms with Crippen LogP contribution in [0.15, 0.2) is 36.7 Å². The number of carbonyl (C=O) groups excluding carboxylic acids is 1. The van der Waals surface area contributed by atoms with Gasteiger partial charge in [0.25, 0.3) is 0 Å². The molecule has 1 amide bonds. The Bertz CT molecular complexity index is 674. The molecule has 130 valence electrons. The molecule has 0 N–H and O–H groups in total. The van der Waals surface area contributed by atoms with Crippen molar-refractivity contribution >= 4 is 5.91 Å². The van der Waals surface area contributed by atoms with Crippen molar-refractivity contribution < 1.29 is 27.1 Å². The number of hydrogen-bond donors (Lipinski definition) is 0. The zero-order valence-electron chi connectivity index (χ0n) is 12.7. The van der Waals surface area contributed by atoms with E-state index in [4.69, 9.17) is 0 Å². The van der Waals surface area contributed by atoms with E-state index >= 15 is 0 Å². The van der Waals surface area contributed by atoms with E-state index in [0.29, 0.717) is 10.1 Å². The Kier molecular flexibility index (Phi) is 5.78. The van der Waals surface area contributed by atoms with Gasteiger partial charge in [-0.05, 0) is 17.7 Å². The van der Waals surface area contributed by atoms with E-state index in [-0.39, 0.29) is 30.4 Å². The van der Waals surface area contributed by atoms with Crippen molar-refractivity contribution in [3.05, 3.63) is 48.0 Å². The second-order valence-corrected chi connectivity index (χ2v) is 4.98. The van der Waals surface area contributed by atoms with Gasteiger partial charge in [-0.2, -0.15) is 17.6 Å². The highest BCUT2D eigenvalue weighted by molar-refractivity contribution is 5.78. The van der Waals surface area contributed by atoms with Gasteiger partial charge in [-0.1, -0.05) is 12.1 Å². The quantitative estimate of drug-likeness (QED) is 0.725. The molecule has 0 saturated heterocycles. The smallest absolute Gasteiger partial charge is 0.387 e. The molecule has 1 aromatic heterocycles. The minimum atomic E-state index is -2.91. The summed E-state index contributed by atoms with van der Waals surface area (Å²) < 4.78 is 54.5. The third-order valence-electron chi connectivity index (χ3n) is 3.27. The summed E-state index contributed by atoms with van der Waals surface area (Å²) in [6.45, 7) is -5.71. The second-order valence-electron chi connectivity index (χ2n) is 4.98. The summed E-state index contributed by atoms with van der Waals surface area (Å²) in [6, 6.07) is 5.64. The normalized spacial score (nSPS) is 11.1. The minimum Gasteiger partial charge on any atom is -0.435 e. The zero-order valence-corrected chi connectivity index (χ0v) is 12.7. The number of ether oxygens (including phenoxy) is 1. The number of aromatic nitrogens is 2. The Morgan fingerprint density at radius 3 is 2.50 bits per heavy atom. The Hall–Kier alpha value is -2.58. The Labute approximate surface area is 135 Å². The van der Waals surface area contributed by atoms with Crippen molar-refractivity contribution in [1.29, 1.82) is 0 Å². The van der Waals surface area contributed by atoms with Crippen LogP contribution < -0.4 is 4.74 Å². The number of imidazole rings is 1. The molecule has 2 aromatic rings. The lowest BCUT2D eigenvalue weighted by Crippen LogP contribution is -2.29. The average molecular weight is 345 g/mol. The van der Waals surface area contributed by atoms with Gasteiger partial charge < -0.3 is 9.64 Å². The first kappa shape index (κ1) is 17.8. The molecule has 0 unspecified atom stereocenters. The van der Waals surface area contributed by atoms with E-state index in [1.165, 1.54) is 42.4 Å². The number of nitrogens with zero attached hydrogens (tertiary/aromatic N) is 3. The average Bonchev–Trinajstić information content (AvgIpc) is 2.97. The van der Waals surface area contributed by atoms with Crippen LogP contribution in [0.1, 0.15) is 17.9 Å². The summed E-state index contributed by atoms with van der Waals surface area (Å²) in [4.78, 5) is 17.2. The van der Waals surface area contributed by atoms with E-state index in [0.717, 1.165) is 6.20 Å². The lowest BCUT2D eigenvalue weighted by atomic mass is 10.1. The lowest BCUT2D eigenvalue weighted by Gasteiger charge is -2.17. The van der Waals surface area contributed by atoms with Crippen LogP contribution in [0.3, 0.4) is 0 Å². The van der Waals surface area contributed by atoms with Gasteiger partial charge in [-0.15, -0.1) is 0 Å². The third kappa shape index (κ3) is 4.71. The molecule has 0 bridgehead atoms. The van der Waals surface area contributed by atoms with Gasteiger partial charge in [0.05, 0.1) is 13.0 Å². The summed E-state index contributed by atoms with van der Waals surface area (Å²) in [5.74, 6) is -0.253. The largest absolute Gasteiger partial charge is 0.435 e. The molecule has 1 aromatic carbocycles. The molecule has 0 aliphatic carbocycles. The fourth-order valence-electron chi connectivity index (χ4n) is 2.04. The number of alkyl halides is 4. The predicted octanol–water partition coefficient (Wildman–Crippen LogP) is 3.08. The number of halogens is 4. The van der Waals surface area contributed by atoms with Gasteiger partial charge in [0.2, 0.25) is 5.91 Å². The van der Waals surface area contributed by atoms with Crippen molar-refractivity contribution in [3.63, 3.8) is 0 Å². The Balaban J connectivity index is 1.95. The van der Waals surface area contributed by atoms with Gasteiger partial charge in [-0.3, -0.25) is 9.36 Å². The topological polar surface area (TPSA) is 47.4 Å². The van der Waals surface area contributed by atoms with Gasteiger partial charge in [0.15, 0.2) is 0 Å². The number of hydrogen-bond acceptors (Lipinski definition) is 3. The summed E-state index contributed by atoms with van der Waals surface area (Å²) in [5.41, 5.74) is 0.589. The SMILES string of the molecule is CN(Cc1nccn1C(F)F)C(=O)Cc1ccc(OC(F)F)cc1. The van der Waals surface area contributed by atoms with Crippen molar-refractivity contribution in [1.82, 2.24) is 14.5 Å². The minimum absolute atomic E-state index is 0.000839. The molecular weight excluding hydrogens is 330 g/mol. The Morgan fingerprint density at radius 1 is 1.25 bits per heavy atom. The van der Waals surface area contributed by atoms with Gasteiger partial charge in [-0.25, -0.2) is 4.98 Å². The maximum Gasteiger partial charge on any atom is 0.387 e. The number of rotatable bonds is 7. The number of carbonyl (C=O) groups is 1. The molecule has 0 atom stereocenters. The van der Waals surface area contributed by atoms with Crippen molar-refractivity contribution in [2.24, 2.45) is 0 Å². The van der Waals surface area contributed by atoms with Crippen LogP contribution in [0.5, 0.6) is 5.75 Å². The molecule has 0 saturated carbocycles. The van der Waals surface area contributed by atoms with E-state index in [1.807, 2.05) is 0 Å². The van der Waals surface area contributed by atoms with Crippen LogP contribution in [0.4, 0.5) is 17.6 Å². The molecule has 0 spiro atoms. The standard InChI is InChI=1S/C15H15F4N3O2/c1-21(9-12-20-6-7-22(12)14(16)17)13(23)8-10-2-4-11(5-3-10)24-15(18)19/h2-7,14-15H,8-9H2,1H3. The third-order valence-corrected chi connectivity index (χ3v) is 3.27. The van der Waals surface area contributed by atoms with Crippen LogP contribution in [-0.2, 0) is 17.8 Å². The highest BCUT2D eigenvalue weighted by Gasteiger charge is 2.16. The van der Waals surface area contributed by atoms with Crippen molar-refractivity contribution in [3.8, 4) is 5.75 Å². The fourth-order valence-corrected chi connectivity index (χ4v) is 2.04. The first-order valence-electron chi connectivity index (χ1n) is 6.94. The highest BCUT2D eigenvalue weighted by atomic mass is 19.3. The molecule has 0 aliphatic rings. The summed E-state index contributed by atoms with van der Waals surface area (Å²) in [6.07, 6.45) is 2.38. The number of likely N-dealkylation sites (N-methyl/N-ethyl adjacent to an activating group) is 1. The lowest BCUT2D eigenvalue weighted by molar-refractivity contribution is -0.129. The zero-order chi connectivity index (χ0) is 17.7. The van der Waals surface area contributed by atoms with Crippen LogP contribution >= 0.6 is 0 Å². The molecular formula is C15H15F4N3O2. The van der Waals surface area contributed by atoms with E-state index < -0.39 is 13.2 Å². The van der Waals surface area contributed by atoms with Crippen LogP contribution in [0.25, 0.3) is 0 Å². The van der Waals surface area contributed by atoms with Gasteiger partial charge in [0.1, 0.15) is 11.6 Å². The van der Waals surface area contributed by atoms with Crippen LogP contribution in [0.2, 0.25) is 0 Å². The van der Waals surface area contributed by atoms with Crippen LogP contribution in [-0.4, -0.2) is 34.0 Å². The summed E-state index contributed by atoms with van der Waals surface area (Å²) >= 11 is 0. The van der Waals surface area contributed by atoms with E-state index in [2.05, 4.69) is 9.72 Å². The van der Waals surface area contributed by atoms with Crippen molar-refractivity contribution in [2.45, 2.75) is 26.1 Å². The molecule has 0 radical (unpaired) electrons. The first-order chi connectivity index (χ1) is 11.4. The molecule has 5 nitrogen and oxygen atoms in total. The summed E-state index contributed by atoms with van der Waals surface area (Å²) in [5, 5.41) is 0. The molecule has 0 aliphatic heterocycles. The molecule has 2 rings (SSSR count). The predicted molar refractivity (Wildman–Crippen MR) is 76.7 cm³/mol. The Morgan fingerprint density at radius 2 is 1.92 bits per heavy atom. The first-order valence-corrected chi connectivity index (χ1v) is 6.94. The van der Waals surface area contributed by atoms with Gasteiger partial charge >= 0.3 is 13.2 Å². The fraction of sp³-hybridized carbons (Fsp3) is 0.333. The number of benzene rings is 1. The highest BCUT2D eigenvalue weighted by Crippen LogP contribution is 2.17. The van der Waals surface area contributed by atoms with Crippen molar-refractivity contribution in [2.75, 3.05) is 7.05 Å². The summed E-state index contributed by atoms with van der Waals surface area (Å²) in [7, 11) is 1.47. The maximum atomic E-state index is 12.7.